The van der Waals surface area contributed by atoms with Crippen LogP contribution in [0.3, 0.4) is 0 Å². The maximum absolute atomic E-state index is 13.9. The van der Waals surface area contributed by atoms with Crippen molar-refractivity contribution in [1.29, 1.82) is 0 Å². The quantitative estimate of drug-likeness (QED) is 0.505. The Balaban J connectivity index is 1.86. The predicted molar refractivity (Wildman–Crippen MR) is 110 cm³/mol. The van der Waals surface area contributed by atoms with Gasteiger partial charge in [0.05, 0.1) is 19.2 Å². The van der Waals surface area contributed by atoms with E-state index in [1.807, 2.05) is 25.1 Å². The van der Waals surface area contributed by atoms with Gasteiger partial charge in [-0.05, 0) is 42.8 Å². The molecule has 3 aromatic rings. The van der Waals surface area contributed by atoms with Gasteiger partial charge in [0.15, 0.2) is 17.3 Å². The van der Waals surface area contributed by atoms with Crippen LogP contribution in [0, 0.1) is 5.82 Å². The number of halogens is 2. The molecule has 0 saturated carbocycles. The Morgan fingerprint density at radius 2 is 2.04 bits per heavy atom. The number of ether oxygens (including phenoxy) is 2. The summed E-state index contributed by atoms with van der Waals surface area (Å²) in [5, 5.41) is 4.16. The highest BCUT2D eigenvalue weighted by atomic mass is 79.9. The highest BCUT2D eigenvalue weighted by Gasteiger charge is 2.15. The molecule has 146 valence electrons. The molecule has 2 aromatic carbocycles. The minimum Gasteiger partial charge on any atom is -0.486 e. The summed E-state index contributed by atoms with van der Waals surface area (Å²) in [5.74, 6) is -0.691. The monoisotopic (exact) mass is 446 g/mol. The van der Waals surface area contributed by atoms with Crippen LogP contribution in [0.15, 0.2) is 53.0 Å². The first kappa shape index (κ1) is 20.1. The Hall–Kier alpha value is -2.67. The molecule has 3 rings (SSSR count). The van der Waals surface area contributed by atoms with E-state index in [2.05, 4.69) is 26.2 Å². The lowest BCUT2D eigenvalue weighted by molar-refractivity contribution is 0.0594. The molecule has 0 amide bonds. The van der Waals surface area contributed by atoms with E-state index >= 15 is 0 Å². The summed E-state index contributed by atoms with van der Waals surface area (Å²) >= 11 is 3.46. The summed E-state index contributed by atoms with van der Waals surface area (Å²) in [6.07, 6.45) is 0.423. The average molecular weight is 447 g/mol. The Bertz CT molecular complexity index is 997. The van der Waals surface area contributed by atoms with Gasteiger partial charge in [0.2, 0.25) is 0 Å². The normalized spacial score (nSPS) is 11.9. The summed E-state index contributed by atoms with van der Waals surface area (Å²) in [7, 11) is 1.32. The Kier molecular flexibility index (Phi) is 6.46. The van der Waals surface area contributed by atoms with Crippen molar-refractivity contribution in [3.05, 3.63) is 64.5 Å². The van der Waals surface area contributed by atoms with Crippen LogP contribution in [0.5, 0.6) is 5.75 Å². The number of anilines is 1. The molecule has 0 spiro atoms. The average Bonchev–Trinajstić information content (AvgIpc) is 2.71. The molecule has 1 aromatic heterocycles. The van der Waals surface area contributed by atoms with Crippen molar-refractivity contribution < 1.29 is 18.7 Å². The molecule has 5 nitrogen and oxygen atoms in total. The van der Waals surface area contributed by atoms with E-state index in [9.17, 15) is 9.18 Å². The maximum Gasteiger partial charge on any atom is 0.356 e. The van der Waals surface area contributed by atoms with Gasteiger partial charge in [-0.3, -0.25) is 0 Å². The van der Waals surface area contributed by atoms with E-state index in [0.717, 1.165) is 15.5 Å². The van der Waals surface area contributed by atoms with Gasteiger partial charge in [-0.1, -0.05) is 35.0 Å². The number of nitrogens with one attached hydrogen (secondary N) is 1. The number of methoxy groups -OCH3 is 1. The molecule has 1 unspecified atom stereocenters. The zero-order valence-corrected chi connectivity index (χ0v) is 17.1. The molecular weight excluding hydrogens is 427 g/mol. The lowest BCUT2D eigenvalue weighted by atomic mass is 10.1. The SMILES string of the molecule is CCC(CNc1cc(C(=O)OC)nc2ccc(Br)cc12)Oc1ccccc1F. The summed E-state index contributed by atoms with van der Waals surface area (Å²) in [5.41, 5.74) is 1.60. The van der Waals surface area contributed by atoms with Gasteiger partial charge in [0.1, 0.15) is 6.10 Å². The standard InChI is InChI=1S/C21H20BrFN2O3/c1-3-14(28-20-7-5-4-6-16(20)23)12-24-18-11-19(21(26)27-2)25-17-9-8-13(22)10-15(17)18/h4-11,14H,3,12H2,1-2H3,(H,24,25). The lowest BCUT2D eigenvalue weighted by Crippen LogP contribution is -2.26. The van der Waals surface area contributed by atoms with Crippen LogP contribution in [0.2, 0.25) is 0 Å². The second-order valence-corrected chi connectivity index (χ2v) is 7.08. The molecule has 0 saturated heterocycles. The largest absolute Gasteiger partial charge is 0.486 e. The van der Waals surface area contributed by atoms with Crippen molar-refractivity contribution >= 4 is 38.5 Å². The van der Waals surface area contributed by atoms with Crippen molar-refractivity contribution in [3.8, 4) is 5.75 Å². The van der Waals surface area contributed by atoms with Gasteiger partial charge in [-0.2, -0.15) is 0 Å². The molecule has 0 bridgehead atoms. The fourth-order valence-corrected chi connectivity index (χ4v) is 3.13. The number of para-hydroxylation sites is 1. The topological polar surface area (TPSA) is 60.5 Å². The fourth-order valence-electron chi connectivity index (χ4n) is 2.77. The second-order valence-electron chi connectivity index (χ2n) is 6.17. The van der Waals surface area contributed by atoms with Crippen LogP contribution in [0.1, 0.15) is 23.8 Å². The number of carbonyl (C=O) groups is 1. The van der Waals surface area contributed by atoms with Crippen LogP contribution < -0.4 is 10.1 Å². The van der Waals surface area contributed by atoms with Crippen molar-refractivity contribution in [1.82, 2.24) is 4.98 Å². The third-order valence-electron chi connectivity index (χ3n) is 4.27. The van der Waals surface area contributed by atoms with Crippen molar-refractivity contribution in [2.24, 2.45) is 0 Å². The molecular formula is C21H20BrFN2O3. The summed E-state index contributed by atoms with van der Waals surface area (Å²) in [6.45, 7) is 2.39. The number of esters is 1. The number of benzene rings is 2. The number of hydrogen-bond acceptors (Lipinski definition) is 5. The second kappa shape index (κ2) is 9.01. The summed E-state index contributed by atoms with van der Waals surface area (Å²) < 4.78 is 25.4. The van der Waals surface area contributed by atoms with Crippen LogP contribution in [0.25, 0.3) is 10.9 Å². The molecule has 28 heavy (non-hydrogen) atoms. The molecule has 1 atom stereocenters. The number of carbonyl (C=O) groups excluding carboxylic acids is 1. The number of hydrogen-bond donors (Lipinski definition) is 1. The Morgan fingerprint density at radius 3 is 2.75 bits per heavy atom. The molecule has 0 aliphatic carbocycles. The molecule has 7 heteroatoms. The van der Waals surface area contributed by atoms with E-state index in [-0.39, 0.29) is 17.5 Å². The highest BCUT2D eigenvalue weighted by molar-refractivity contribution is 9.10. The minimum atomic E-state index is -0.512. The molecule has 0 aliphatic heterocycles. The van der Waals surface area contributed by atoms with Gasteiger partial charge < -0.3 is 14.8 Å². The number of aromatic nitrogens is 1. The summed E-state index contributed by atoms with van der Waals surface area (Å²) in [4.78, 5) is 16.3. The van der Waals surface area contributed by atoms with Gasteiger partial charge >= 0.3 is 5.97 Å². The number of fused-ring (bicyclic) bond motifs is 1. The van der Waals surface area contributed by atoms with Crippen LogP contribution in [-0.2, 0) is 4.74 Å². The zero-order valence-electron chi connectivity index (χ0n) is 15.5. The molecule has 0 aliphatic rings. The van der Waals surface area contributed by atoms with E-state index in [0.29, 0.717) is 18.5 Å². The van der Waals surface area contributed by atoms with E-state index in [4.69, 9.17) is 9.47 Å². The molecule has 1 heterocycles. The minimum absolute atomic E-state index is 0.211. The molecule has 0 fully saturated rings. The third-order valence-corrected chi connectivity index (χ3v) is 4.76. The van der Waals surface area contributed by atoms with Gasteiger partial charge in [-0.15, -0.1) is 0 Å². The first-order valence-electron chi connectivity index (χ1n) is 8.85. The van der Waals surface area contributed by atoms with Crippen LogP contribution in [-0.4, -0.2) is 30.7 Å². The van der Waals surface area contributed by atoms with Crippen molar-refractivity contribution in [2.45, 2.75) is 19.4 Å². The number of rotatable bonds is 7. The fraction of sp³-hybridized carbons (Fsp3) is 0.238. The predicted octanol–water partition coefficient (Wildman–Crippen LogP) is 5.19. The lowest BCUT2D eigenvalue weighted by Gasteiger charge is -2.20. The number of pyridine rings is 1. The van der Waals surface area contributed by atoms with Gasteiger partial charge in [0, 0.05) is 15.5 Å². The van der Waals surface area contributed by atoms with E-state index in [1.165, 1.54) is 13.2 Å². The first-order valence-corrected chi connectivity index (χ1v) is 9.64. The maximum atomic E-state index is 13.9. The Morgan fingerprint density at radius 1 is 1.25 bits per heavy atom. The number of nitrogens with zero attached hydrogens (tertiary/aromatic N) is 1. The van der Waals surface area contributed by atoms with Gasteiger partial charge in [0.25, 0.3) is 0 Å². The van der Waals surface area contributed by atoms with Crippen molar-refractivity contribution in [3.63, 3.8) is 0 Å². The van der Waals surface area contributed by atoms with Gasteiger partial charge in [-0.25, -0.2) is 14.2 Å². The van der Waals surface area contributed by atoms with Crippen LogP contribution in [0.4, 0.5) is 10.1 Å². The van der Waals surface area contributed by atoms with Crippen LogP contribution >= 0.6 is 15.9 Å². The molecule has 1 N–H and O–H groups in total. The Labute approximate surface area is 171 Å². The highest BCUT2D eigenvalue weighted by Crippen LogP contribution is 2.27. The third kappa shape index (κ3) is 4.59. The van der Waals surface area contributed by atoms with Crippen molar-refractivity contribution in [2.75, 3.05) is 19.0 Å². The smallest absolute Gasteiger partial charge is 0.356 e. The first-order chi connectivity index (χ1) is 13.5. The molecule has 0 radical (unpaired) electrons. The van der Waals surface area contributed by atoms with E-state index in [1.54, 1.807) is 24.3 Å². The zero-order chi connectivity index (χ0) is 20.1. The van der Waals surface area contributed by atoms with E-state index < -0.39 is 11.8 Å². The summed E-state index contributed by atoms with van der Waals surface area (Å²) in [6, 6.07) is 13.6.